The van der Waals surface area contributed by atoms with E-state index in [9.17, 15) is 0 Å². The Balaban J connectivity index is 2.32. The molecule has 3 unspecified atom stereocenters. The van der Waals surface area contributed by atoms with Crippen molar-refractivity contribution in [3.05, 3.63) is 0 Å². The molecule has 1 saturated heterocycles. The molecule has 0 bridgehead atoms. The molecular formula is C9H19NS. The molecule has 2 N–H and O–H groups in total. The third-order valence-corrected chi connectivity index (χ3v) is 4.20. The lowest BCUT2D eigenvalue weighted by Crippen LogP contribution is -2.36. The van der Waals surface area contributed by atoms with Gasteiger partial charge in [-0.05, 0) is 24.5 Å². The van der Waals surface area contributed by atoms with E-state index in [2.05, 4.69) is 25.6 Å². The summed E-state index contributed by atoms with van der Waals surface area (Å²) >= 11 is 2.07. The van der Waals surface area contributed by atoms with Crippen molar-refractivity contribution >= 4 is 11.8 Å². The van der Waals surface area contributed by atoms with Gasteiger partial charge in [0.25, 0.3) is 0 Å². The molecule has 1 heterocycles. The van der Waals surface area contributed by atoms with E-state index >= 15 is 0 Å². The SMILES string of the molecule is CCC(C)C(N)C1CCCS1. The lowest BCUT2D eigenvalue weighted by Gasteiger charge is -2.23. The molecule has 2 heteroatoms. The lowest BCUT2D eigenvalue weighted by molar-refractivity contribution is 0.425. The van der Waals surface area contributed by atoms with Crippen molar-refractivity contribution in [3.63, 3.8) is 0 Å². The molecule has 0 saturated carbocycles. The zero-order valence-corrected chi connectivity index (χ0v) is 8.36. The van der Waals surface area contributed by atoms with Crippen LogP contribution < -0.4 is 5.73 Å². The van der Waals surface area contributed by atoms with Gasteiger partial charge in [-0.2, -0.15) is 11.8 Å². The summed E-state index contributed by atoms with van der Waals surface area (Å²) in [6, 6.07) is 0.437. The molecule has 1 nitrogen and oxygen atoms in total. The number of hydrogen-bond acceptors (Lipinski definition) is 2. The number of thioether (sulfide) groups is 1. The van der Waals surface area contributed by atoms with E-state index in [1.807, 2.05) is 0 Å². The summed E-state index contributed by atoms with van der Waals surface area (Å²) in [5.74, 6) is 2.03. The summed E-state index contributed by atoms with van der Waals surface area (Å²) in [5, 5.41) is 0.755. The van der Waals surface area contributed by atoms with Crippen LogP contribution in [0.5, 0.6) is 0 Å². The Labute approximate surface area is 74.1 Å². The second-order valence-corrected chi connectivity index (χ2v) is 4.86. The van der Waals surface area contributed by atoms with Gasteiger partial charge in [-0.15, -0.1) is 0 Å². The molecule has 0 aliphatic carbocycles. The summed E-state index contributed by atoms with van der Waals surface area (Å²) in [6.07, 6.45) is 3.94. The van der Waals surface area contributed by atoms with Crippen LogP contribution in [0.25, 0.3) is 0 Å². The molecule has 1 aliphatic rings. The molecule has 0 aromatic carbocycles. The van der Waals surface area contributed by atoms with Gasteiger partial charge < -0.3 is 5.73 Å². The van der Waals surface area contributed by atoms with Gasteiger partial charge >= 0.3 is 0 Å². The zero-order chi connectivity index (χ0) is 8.27. The van der Waals surface area contributed by atoms with Crippen LogP contribution >= 0.6 is 11.8 Å². The molecule has 0 radical (unpaired) electrons. The average Bonchev–Trinajstić information content (AvgIpc) is 2.53. The maximum Gasteiger partial charge on any atom is 0.0201 e. The predicted molar refractivity (Wildman–Crippen MR) is 52.9 cm³/mol. The van der Waals surface area contributed by atoms with Gasteiger partial charge in [0.05, 0.1) is 0 Å². The Morgan fingerprint density at radius 3 is 2.82 bits per heavy atom. The summed E-state index contributed by atoms with van der Waals surface area (Å²) in [6.45, 7) is 4.49. The van der Waals surface area contributed by atoms with Gasteiger partial charge in [0, 0.05) is 11.3 Å². The zero-order valence-electron chi connectivity index (χ0n) is 7.55. The molecular weight excluding hydrogens is 154 g/mol. The van der Waals surface area contributed by atoms with Gasteiger partial charge in [-0.3, -0.25) is 0 Å². The van der Waals surface area contributed by atoms with E-state index in [4.69, 9.17) is 5.73 Å². The Bertz CT molecular complexity index is 110. The molecule has 1 rings (SSSR count). The van der Waals surface area contributed by atoms with Crippen molar-refractivity contribution < 1.29 is 0 Å². The van der Waals surface area contributed by atoms with Crippen molar-refractivity contribution in [1.29, 1.82) is 0 Å². The van der Waals surface area contributed by atoms with Crippen molar-refractivity contribution in [2.75, 3.05) is 5.75 Å². The first-order valence-corrected chi connectivity index (χ1v) is 5.67. The van der Waals surface area contributed by atoms with Crippen LogP contribution in [0.3, 0.4) is 0 Å². The minimum Gasteiger partial charge on any atom is -0.326 e. The second-order valence-electron chi connectivity index (χ2n) is 3.51. The smallest absolute Gasteiger partial charge is 0.0201 e. The van der Waals surface area contributed by atoms with Crippen LogP contribution in [-0.2, 0) is 0 Å². The standard InChI is InChI=1S/C9H19NS/c1-3-7(2)9(10)8-5-4-6-11-8/h7-9H,3-6,10H2,1-2H3. The van der Waals surface area contributed by atoms with E-state index in [-0.39, 0.29) is 0 Å². The maximum atomic E-state index is 6.11. The summed E-state index contributed by atoms with van der Waals surface area (Å²) in [5.41, 5.74) is 6.11. The summed E-state index contributed by atoms with van der Waals surface area (Å²) in [4.78, 5) is 0. The maximum absolute atomic E-state index is 6.11. The van der Waals surface area contributed by atoms with Gasteiger partial charge in [-0.25, -0.2) is 0 Å². The predicted octanol–water partition coefficient (Wildman–Crippen LogP) is 2.26. The molecule has 66 valence electrons. The van der Waals surface area contributed by atoms with Crippen LogP contribution in [-0.4, -0.2) is 17.0 Å². The van der Waals surface area contributed by atoms with Gasteiger partial charge in [0.2, 0.25) is 0 Å². The fourth-order valence-corrected chi connectivity index (χ4v) is 3.00. The average molecular weight is 173 g/mol. The fourth-order valence-electron chi connectivity index (χ4n) is 1.54. The van der Waals surface area contributed by atoms with Crippen LogP contribution in [0.2, 0.25) is 0 Å². The van der Waals surface area contributed by atoms with Crippen LogP contribution in [0.4, 0.5) is 0 Å². The van der Waals surface area contributed by atoms with Crippen molar-refractivity contribution in [2.24, 2.45) is 11.7 Å². The Kier molecular flexibility index (Phi) is 3.73. The third kappa shape index (κ3) is 2.38. The van der Waals surface area contributed by atoms with Gasteiger partial charge in [-0.1, -0.05) is 20.3 Å². The van der Waals surface area contributed by atoms with Crippen molar-refractivity contribution in [1.82, 2.24) is 0 Å². The highest BCUT2D eigenvalue weighted by Gasteiger charge is 2.25. The Morgan fingerprint density at radius 1 is 1.64 bits per heavy atom. The second kappa shape index (κ2) is 4.36. The molecule has 0 amide bonds. The highest BCUT2D eigenvalue weighted by Crippen LogP contribution is 2.31. The monoisotopic (exact) mass is 173 g/mol. The first-order valence-electron chi connectivity index (χ1n) is 4.63. The van der Waals surface area contributed by atoms with E-state index in [0.29, 0.717) is 12.0 Å². The Morgan fingerprint density at radius 2 is 2.36 bits per heavy atom. The molecule has 1 aliphatic heterocycles. The normalized spacial score (nSPS) is 30.3. The number of hydrogen-bond donors (Lipinski definition) is 1. The van der Waals surface area contributed by atoms with Crippen molar-refractivity contribution in [3.8, 4) is 0 Å². The number of rotatable bonds is 3. The van der Waals surface area contributed by atoms with Gasteiger partial charge in [0.1, 0.15) is 0 Å². The fraction of sp³-hybridized carbons (Fsp3) is 1.00. The quantitative estimate of drug-likeness (QED) is 0.708. The van der Waals surface area contributed by atoms with Crippen LogP contribution in [0, 0.1) is 5.92 Å². The molecule has 0 aromatic rings. The minimum atomic E-state index is 0.437. The highest BCUT2D eigenvalue weighted by molar-refractivity contribution is 8.00. The summed E-state index contributed by atoms with van der Waals surface area (Å²) in [7, 11) is 0. The summed E-state index contributed by atoms with van der Waals surface area (Å²) < 4.78 is 0. The van der Waals surface area contributed by atoms with E-state index in [1.54, 1.807) is 0 Å². The van der Waals surface area contributed by atoms with E-state index in [1.165, 1.54) is 25.0 Å². The molecule has 3 atom stereocenters. The van der Waals surface area contributed by atoms with Crippen LogP contribution in [0.15, 0.2) is 0 Å². The minimum absolute atomic E-state index is 0.437. The first kappa shape index (κ1) is 9.40. The highest BCUT2D eigenvalue weighted by atomic mass is 32.2. The molecule has 0 spiro atoms. The Hall–Kier alpha value is 0.310. The van der Waals surface area contributed by atoms with Gasteiger partial charge in [0.15, 0.2) is 0 Å². The van der Waals surface area contributed by atoms with Crippen LogP contribution in [0.1, 0.15) is 33.1 Å². The number of nitrogens with two attached hydrogens (primary N) is 1. The van der Waals surface area contributed by atoms with Crippen molar-refractivity contribution in [2.45, 2.75) is 44.4 Å². The van der Waals surface area contributed by atoms with E-state index in [0.717, 1.165) is 5.25 Å². The first-order chi connectivity index (χ1) is 5.25. The lowest BCUT2D eigenvalue weighted by atomic mass is 9.95. The van der Waals surface area contributed by atoms with E-state index < -0.39 is 0 Å². The largest absolute Gasteiger partial charge is 0.326 e. The molecule has 0 aromatic heterocycles. The molecule has 1 fully saturated rings. The third-order valence-electron chi connectivity index (χ3n) is 2.70. The molecule has 11 heavy (non-hydrogen) atoms. The topological polar surface area (TPSA) is 26.0 Å².